The third-order valence-corrected chi connectivity index (χ3v) is 2.10. The maximum atomic E-state index is 12.8. The minimum atomic E-state index is -1.02. The van der Waals surface area contributed by atoms with E-state index >= 15 is 0 Å². The molecule has 0 spiro atoms. The number of nitrogens with two attached hydrogens (primary N) is 1. The van der Waals surface area contributed by atoms with Crippen molar-refractivity contribution in [3.63, 3.8) is 0 Å². The Morgan fingerprint density at radius 3 is 2.21 bits per heavy atom. The molecule has 0 amide bonds. The molecule has 0 fully saturated rings. The van der Waals surface area contributed by atoms with Crippen molar-refractivity contribution in [2.45, 2.75) is 25.5 Å². The number of aliphatic hydroxyl groups is 1. The molecule has 0 saturated heterocycles. The van der Waals surface area contributed by atoms with Crippen molar-refractivity contribution < 1.29 is 13.9 Å². The van der Waals surface area contributed by atoms with Crippen LogP contribution in [0, 0.1) is 11.6 Å². The highest BCUT2D eigenvalue weighted by Crippen LogP contribution is 2.19. The third-order valence-electron chi connectivity index (χ3n) is 2.10. The second-order valence-electron chi connectivity index (χ2n) is 3.22. The van der Waals surface area contributed by atoms with Crippen LogP contribution in [0.2, 0.25) is 0 Å². The van der Waals surface area contributed by atoms with Gasteiger partial charge in [0.1, 0.15) is 11.6 Å². The average molecular weight is 201 g/mol. The van der Waals surface area contributed by atoms with Gasteiger partial charge in [-0.2, -0.15) is 0 Å². The molecule has 2 nitrogen and oxygen atoms in total. The van der Waals surface area contributed by atoms with Crippen LogP contribution in [-0.2, 0) is 0 Å². The molecule has 0 bridgehead atoms. The summed E-state index contributed by atoms with van der Waals surface area (Å²) < 4.78 is 25.5. The molecule has 4 heteroatoms. The molecule has 2 atom stereocenters. The molecule has 0 aromatic heterocycles. The summed E-state index contributed by atoms with van der Waals surface area (Å²) in [6.07, 6.45) is -0.482. The van der Waals surface area contributed by atoms with Crippen molar-refractivity contribution in [1.82, 2.24) is 0 Å². The van der Waals surface area contributed by atoms with Gasteiger partial charge >= 0.3 is 0 Å². The quantitative estimate of drug-likeness (QED) is 0.782. The molecular weight excluding hydrogens is 188 g/mol. The molecule has 1 aromatic rings. The number of hydrogen-bond donors (Lipinski definition) is 2. The van der Waals surface area contributed by atoms with Crippen molar-refractivity contribution in [2.24, 2.45) is 5.73 Å². The summed E-state index contributed by atoms with van der Waals surface area (Å²) in [5.41, 5.74) is 5.73. The first-order valence-electron chi connectivity index (χ1n) is 4.44. The second-order valence-corrected chi connectivity index (χ2v) is 3.22. The van der Waals surface area contributed by atoms with Gasteiger partial charge in [-0.1, -0.05) is 6.92 Å². The summed E-state index contributed by atoms with van der Waals surface area (Å²) in [5.74, 6) is -1.41. The van der Waals surface area contributed by atoms with Crippen LogP contribution in [0.3, 0.4) is 0 Å². The largest absolute Gasteiger partial charge is 0.387 e. The van der Waals surface area contributed by atoms with E-state index in [1.165, 1.54) is 0 Å². The Bertz CT molecular complexity index is 297. The monoisotopic (exact) mass is 201 g/mol. The predicted molar refractivity (Wildman–Crippen MR) is 49.6 cm³/mol. The molecule has 3 N–H and O–H groups in total. The molecule has 0 saturated carbocycles. The van der Waals surface area contributed by atoms with Crippen LogP contribution in [0.4, 0.5) is 8.78 Å². The van der Waals surface area contributed by atoms with E-state index in [-0.39, 0.29) is 5.56 Å². The summed E-state index contributed by atoms with van der Waals surface area (Å²) in [7, 11) is 0. The van der Waals surface area contributed by atoms with E-state index in [2.05, 4.69) is 0 Å². The molecule has 0 unspecified atom stereocenters. The standard InChI is InChI=1S/C10H13F2NO/c1-2-9(13)10(14)6-3-7(11)5-8(12)4-6/h3-5,9-10,14H,2,13H2,1H3/t9-,10+/m0/s1. The van der Waals surface area contributed by atoms with Gasteiger partial charge in [0.2, 0.25) is 0 Å². The fourth-order valence-electron chi connectivity index (χ4n) is 1.22. The minimum absolute atomic E-state index is 0.178. The Hall–Kier alpha value is -1.00. The first-order valence-corrected chi connectivity index (χ1v) is 4.44. The van der Waals surface area contributed by atoms with Gasteiger partial charge in [0.05, 0.1) is 6.10 Å². The van der Waals surface area contributed by atoms with E-state index in [4.69, 9.17) is 5.73 Å². The zero-order chi connectivity index (χ0) is 10.7. The van der Waals surface area contributed by atoms with E-state index in [1.54, 1.807) is 6.92 Å². The molecule has 1 aromatic carbocycles. The number of aliphatic hydroxyl groups excluding tert-OH is 1. The van der Waals surface area contributed by atoms with Crippen LogP contribution < -0.4 is 5.73 Å². The normalized spacial score (nSPS) is 15.2. The molecule has 0 aliphatic rings. The van der Waals surface area contributed by atoms with Crippen LogP contribution in [0.5, 0.6) is 0 Å². The van der Waals surface area contributed by atoms with Gasteiger partial charge in [0, 0.05) is 12.1 Å². The summed E-state index contributed by atoms with van der Waals surface area (Å²) in [5, 5.41) is 9.58. The lowest BCUT2D eigenvalue weighted by Crippen LogP contribution is -2.27. The highest BCUT2D eigenvalue weighted by Gasteiger charge is 2.16. The summed E-state index contributed by atoms with van der Waals surface area (Å²) >= 11 is 0. The van der Waals surface area contributed by atoms with Crippen LogP contribution >= 0.6 is 0 Å². The van der Waals surface area contributed by atoms with Crippen molar-refractivity contribution in [1.29, 1.82) is 0 Å². The topological polar surface area (TPSA) is 46.2 Å². The first kappa shape index (κ1) is 11.1. The van der Waals surface area contributed by atoms with Gasteiger partial charge in [0.25, 0.3) is 0 Å². The average Bonchev–Trinajstić information content (AvgIpc) is 2.14. The lowest BCUT2D eigenvalue weighted by molar-refractivity contribution is 0.143. The number of benzene rings is 1. The van der Waals surface area contributed by atoms with Gasteiger partial charge in [-0.25, -0.2) is 8.78 Å². The Labute approximate surface area is 81.4 Å². The highest BCUT2D eigenvalue weighted by molar-refractivity contribution is 5.21. The van der Waals surface area contributed by atoms with Crippen molar-refractivity contribution in [2.75, 3.05) is 0 Å². The predicted octanol–water partition coefficient (Wildman–Crippen LogP) is 1.74. The molecule has 0 aliphatic carbocycles. The molecule has 1 rings (SSSR count). The van der Waals surface area contributed by atoms with E-state index in [0.717, 1.165) is 18.2 Å². The maximum Gasteiger partial charge on any atom is 0.126 e. The third kappa shape index (κ3) is 2.49. The van der Waals surface area contributed by atoms with Crippen LogP contribution in [0.1, 0.15) is 25.0 Å². The molecular formula is C10H13F2NO. The van der Waals surface area contributed by atoms with Gasteiger partial charge in [-0.3, -0.25) is 0 Å². The Kier molecular flexibility index (Phi) is 3.55. The van der Waals surface area contributed by atoms with Gasteiger partial charge in [-0.15, -0.1) is 0 Å². The van der Waals surface area contributed by atoms with Crippen molar-refractivity contribution in [3.05, 3.63) is 35.4 Å². The van der Waals surface area contributed by atoms with Crippen LogP contribution in [-0.4, -0.2) is 11.1 Å². The van der Waals surface area contributed by atoms with Crippen molar-refractivity contribution >= 4 is 0 Å². The number of rotatable bonds is 3. The Morgan fingerprint density at radius 1 is 1.29 bits per heavy atom. The first-order chi connectivity index (χ1) is 6.54. The molecule has 0 heterocycles. The molecule has 78 valence electrons. The van der Waals surface area contributed by atoms with Crippen molar-refractivity contribution in [3.8, 4) is 0 Å². The SMILES string of the molecule is CC[C@H](N)[C@H](O)c1cc(F)cc(F)c1. The maximum absolute atomic E-state index is 12.8. The Morgan fingerprint density at radius 2 is 1.79 bits per heavy atom. The zero-order valence-electron chi connectivity index (χ0n) is 7.87. The lowest BCUT2D eigenvalue weighted by Gasteiger charge is -2.17. The fourth-order valence-corrected chi connectivity index (χ4v) is 1.22. The second kappa shape index (κ2) is 4.48. The lowest BCUT2D eigenvalue weighted by atomic mass is 10.0. The van der Waals surface area contributed by atoms with E-state index < -0.39 is 23.8 Å². The van der Waals surface area contributed by atoms with Crippen LogP contribution in [0.15, 0.2) is 18.2 Å². The van der Waals surface area contributed by atoms with Gasteiger partial charge in [0.15, 0.2) is 0 Å². The van der Waals surface area contributed by atoms with E-state index in [1.807, 2.05) is 0 Å². The minimum Gasteiger partial charge on any atom is -0.387 e. The van der Waals surface area contributed by atoms with E-state index in [0.29, 0.717) is 6.42 Å². The summed E-state index contributed by atoms with van der Waals surface area (Å²) in [4.78, 5) is 0. The molecule has 0 radical (unpaired) electrons. The van der Waals surface area contributed by atoms with E-state index in [9.17, 15) is 13.9 Å². The fraction of sp³-hybridized carbons (Fsp3) is 0.400. The summed E-state index contributed by atoms with van der Waals surface area (Å²) in [6, 6.07) is 2.43. The smallest absolute Gasteiger partial charge is 0.126 e. The van der Waals surface area contributed by atoms with Crippen LogP contribution in [0.25, 0.3) is 0 Å². The van der Waals surface area contributed by atoms with Gasteiger partial charge in [-0.05, 0) is 24.1 Å². The molecule has 14 heavy (non-hydrogen) atoms. The highest BCUT2D eigenvalue weighted by atomic mass is 19.1. The number of halogens is 2. The molecule has 0 aliphatic heterocycles. The summed E-state index contributed by atoms with van der Waals surface area (Å²) in [6.45, 7) is 1.80. The zero-order valence-corrected chi connectivity index (χ0v) is 7.87. The Balaban J connectivity index is 2.94. The number of hydrogen-bond acceptors (Lipinski definition) is 2. The van der Waals surface area contributed by atoms with Gasteiger partial charge < -0.3 is 10.8 Å².